The van der Waals surface area contributed by atoms with Gasteiger partial charge in [0.1, 0.15) is 0 Å². The van der Waals surface area contributed by atoms with E-state index in [1.807, 2.05) is 13.8 Å². The summed E-state index contributed by atoms with van der Waals surface area (Å²) in [6.07, 6.45) is 2.69. The number of hydrogen-bond donors (Lipinski definition) is 1. The maximum absolute atomic E-state index is 12.1. The average Bonchev–Trinajstić information content (AvgIpc) is 2.37. The van der Waals surface area contributed by atoms with E-state index >= 15 is 0 Å². The molecule has 0 aliphatic carbocycles. The molecule has 0 aliphatic rings. The Balaban J connectivity index is 3.00. The van der Waals surface area contributed by atoms with Gasteiger partial charge in [0.15, 0.2) is 0 Å². The van der Waals surface area contributed by atoms with Crippen LogP contribution in [0.3, 0.4) is 0 Å². The highest BCUT2D eigenvalue weighted by Gasteiger charge is 2.18. The Morgan fingerprint density at radius 2 is 2.05 bits per heavy atom. The molecule has 7 heteroatoms. The molecule has 112 valence electrons. The second kappa shape index (κ2) is 7.43. The Bertz CT molecular complexity index is 589. The summed E-state index contributed by atoms with van der Waals surface area (Å²) in [6, 6.07) is 4.43. The number of carbonyl (C=O) groups excluding carboxylic acids is 1. The van der Waals surface area contributed by atoms with Crippen molar-refractivity contribution in [1.29, 1.82) is 0 Å². The van der Waals surface area contributed by atoms with Crippen molar-refractivity contribution in [3.05, 3.63) is 28.2 Å². The van der Waals surface area contributed by atoms with Gasteiger partial charge in [0.2, 0.25) is 0 Å². The standard InChI is InChI=1S/C13H17BrClNO3S/c1-3-5-10(4-2)16-13(17)9-6-7-11(14)12(8-9)20(15,18)19/h6-8,10H,3-5H2,1-2H3,(H,16,17). The predicted octanol–water partition coefficient (Wildman–Crippen LogP) is 3.69. The highest BCUT2D eigenvalue weighted by molar-refractivity contribution is 9.10. The topological polar surface area (TPSA) is 63.2 Å². The van der Waals surface area contributed by atoms with Crippen molar-refractivity contribution in [3.8, 4) is 0 Å². The van der Waals surface area contributed by atoms with E-state index < -0.39 is 9.05 Å². The molecule has 4 nitrogen and oxygen atoms in total. The zero-order valence-corrected chi connectivity index (χ0v) is 14.5. The zero-order chi connectivity index (χ0) is 15.3. The van der Waals surface area contributed by atoms with Gasteiger partial charge in [-0.05, 0) is 47.0 Å². The number of benzene rings is 1. The molecule has 1 rings (SSSR count). The predicted molar refractivity (Wildman–Crippen MR) is 83.6 cm³/mol. The quantitative estimate of drug-likeness (QED) is 0.763. The Kier molecular flexibility index (Phi) is 6.48. The van der Waals surface area contributed by atoms with Crippen molar-refractivity contribution >= 4 is 41.6 Å². The number of rotatable bonds is 6. The summed E-state index contributed by atoms with van der Waals surface area (Å²) < 4.78 is 23.2. The van der Waals surface area contributed by atoms with Crippen LogP contribution in [-0.4, -0.2) is 20.4 Å². The van der Waals surface area contributed by atoms with Crippen LogP contribution in [0.2, 0.25) is 0 Å². The smallest absolute Gasteiger partial charge is 0.262 e. The van der Waals surface area contributed by atoms with E-state index in [0.717, 1.165) is 19.3 Å². The first-order valence-electron chi connectivity index (χ1n) is 6.34. The van der Waals surface area contributed by atoms with E-state index in [2.05, 4.69) is 21.2 Å². The lowest BCUT2D eigenvalue weighted by Crippen LogP contribution is -2.34. The molecule has 1 unspecified atom stereocenters. The number of carbonyl (C=O) groups is 1. The zero-order valence-electron chi connectivity index (χ0n) is 11.3. The summed E-state index contributed by atoms with van der Waals surface area (Å²) in [6.45, 7) is 4.05. The molecule has 1 N–H and O–H groups in total. The Labute approximate surface area is 132 Å². The number of halogens is 2. The molecule has 20 heavy (non-hydrogen) atoms. The molecule has 1 aromatic rings. The largest absolute Gasteiger partial charge is 0.349 e. The number of hydrogen-bond acceptors (Lipinski definition) is 3. The van der Waals surface area contributed by atoms with Gasteiger partial charge >= 0.3 is 0 Å². The van der Waals surface area contributed by atoms with Gasteiger partial charge in [0.25, 0.3) is 15.0 Å². The summed E-state index contributed by atoms with van der Waals surface area (Å²) >= 11 is 3.11. The summed E-state index contributed by atoms with van der Waals surface area (Å²) in [4.78, 5) is 12.0. The molecule has 0 radical (unpaired) electrons. The van der Waals surface area contributed by atoms with E-state index in [1.165, 1.54) is 12.1 Å². The first-order chi connectivity index (χ1) is 9.29. The van der Waals surface area contributed by atoms with Crippen LogP contribution in [0.5, 0.6) is 0 Å². The van der Waals surface area contributed by atoms with Crippen molar-refractivity contribution in [2.45, 2.75) is 44.0 Å². The first kappa shape index (κ1) is 17.5. The van der Waals surface area contributed by atoms with Gasteiger partial charge in [-0.1, -0.05) is 20.3 Å². The van der Waals surface area contributed by atoms with Gasteiger partial charge in [0.05, 0.1) is 4.90 Å². The van der Waals surface area contributed by atoms with Gasteiger partial charge in [-0.25, -0.2) is 8.42 Å². The lowest BCUT2D eigenvalue weighted by molar-refractivity contribution is 0.0933. The van der Waals surface area contributed by atoms with Crippen molar-refractivity contribution in [2.24, 2.45) is 0 Å². The second-order valence-electron chi connectivity index (χ2n) is 4.45. The van der Waals surface area contributed by atoms with E-state index in [-0.39, 0.29) is 22.4 Å². The van der Waals surface area contributed by atoms with Crippen molar-refractivity contribution in [3.63, 3.8) is 0 Å². The molecule has 0 aromatic heterocycles. The van der Waals surface area contributed by atoms with E-state index in [0.29, 0.717) is 4.47 Å². The van der Waals surface area contributed by atoms with Gasteiger partial charge < -0.3 is 5.32 Å². The molecule has 0 saturated carbocycles. The van der Waals surface area contributed by atoms with Crippen LogP contribution in [0.1, 0.15) is 43.5 Å². The molecular weight excluding hydrogens is 366 g/mol. The van der Waals surface area contributed by atoms with Crippen molar-refractivity contribution in [1.82, 2.24) is 5.32 Å². The maximum Gasteiger partial charge on any atom is 0.262 e. The number of nitrogens with one attached hydrogen (secondary N) is 1. The fourth-order valence-electron chi connectivity index (χ4n) is 1.83. The molecular formula is C13H17BrClNO3S. The lowest BCUT2D eigenvalue weighted by Gasteiger charge is -2.16. The molecule has 0 saturated heterocycles. The van der Waals surface area contributed by atoms with E-state index in [9.17, 15) is 13.2 Å². The van der Waals surface area contributed by atoms with Gasteiger partial charge in [-0.15, -0.1) is 0 Å². The second-order valence-corrected chi connectivity index (χ2v) is 7.84. The van der Waals surface area contributed by atoms with Gasteiger partial charge in [-0.2, -0.15) is 0 Å². The van der Waals surface area contributed by atoms with Crippen LogP contribution in [-0.2, 0) is 9.05 Å². The Morgan fingerprint density at radius 3 is 2.55 bits per heavy atom. The summed E-state index contributed by atoms with van der Waals surface area (Å²) in [5, 5.41) is 2.89. The fraction of sp³-hybridized carbons (Fsp3) is 0.462. The molecule has 0 bridgehead atoms. The van der Waals surface area contributed by atoms with Crippen LogP contribution in [0.4, 0.5) is 0 Å². The lowest BCUT2D eigenvalue weighted by atomic mass is 10.1. The molecule has 0 heterocycles. The Hall–Kier alpha value is -0.590. The third-order valence-electron chi connectivity index (χ3n) is 2.92. The van der Waals surface area contributed by atoms with Crippen molar-refractivity contribution in [2.75, 3.05) is 0 Å². The molecule has 0 fully saturated rings. The number of amides is 1. The normalized spacial score (nSPS) is 13.0. The van der Waals surface area contributed by atoms with Gasteiger partial charge in [-0.3, -0.25) is 4.79 Å². The van der Waals surface area contributed by atoms with Gasteiger partial charge in [0, 0.05) is 26.8 Å². The first-order valence-corrected chi connectivity index (χ1v) is 9.44. The van der Waals surface area contributed by atoms with Crippen LogP contribution in [0.15, 0.2) is 27.6 Å². The minimum Gasteiger partial charge on any atom is -0.349 e. The van der Waals surface area contributed by atoms with E-state index in [4.69, 9.17) is 10.7 Å². The molecule has 1 atom stereocenters. The SMILES string of the molecule is CCCC(CC)NC(=O)c1ccc(Br)c(S(=O)(=O)Cl)c1. The van der Waals surface area contributed by atoms with Crippen molar-refractivity contribution < 1.29 is 13.2 Å². The van der Waals surface area contributed by atoms with Crippen LogP contribution >= 0.6 is 26.6 Å². The van der Waals surface area contributed by atoms with Crippen LogP contribution in [0, 0.1) is 0 Å². The summed E-state index contributed by atoms with van der Waals surface area (Å²) in [5.74, 6) is -0.292. The third kappa shape index (κ3) is 4.75. The highest BCUT2D eigenvalue weighted by atomic mass is 79.9. The van der Waals surface area contributed by atoms with E-state index in [1.54, 1.807) is 6.07 Å². The summed E-state index contributed by atoms with van der Waals surface area (Å²) in [5.41, 5.74) is 0.280. The molecule has 1 aromatic carbocycles. The molecule has 0 spiro atoms. The highest BCUT2D eigenvalue weighted by Crippen LogP contribution is 2.26. The van der Waals surface area contributed by atoms with Crippen LogP contribution in [0.25, 0.3) is 0 Å². The fourth-order valence-corrected chi connectivity index (χ4v) is 3.94. The monoisotopic (exact) mass is 381 g/mol. The third-order valence-corrected chi connectivity index (χ3v) is 5.24. The molecule has 1 amide bonds. The van der Waals surface area contributed by atoms with Crippen LogP contribution < -0.4 is 5.32 Å². The average molecular weight is 383 g/mol. The summed E-state index contributed by atoms with van der Waals surface area (Å²) in [7, 11) is 1.45. The minimum atomic E-state index is -3.89. The molecule has 0 aliphatic heterocycles. The minimum absolute atomic E-state index is 0.0900. The Morgan fingerprint density at radius 1 is 1.40 bits per heavy atom. The maximum atomic E-state index is 12.1.